The summed E-state index contributed by atoms with van der Waals surface area (Å²) < 4.78 is 5.72. The second kappa shape index (κ2) is 7.75. The number of nitrogens with one attached hydrogen (secondary N) is 1. The summed E-state index contributed by atoms with van der Waals surface area (Å²) in [4.78, 5) is 0. The molecule has 24 heavy (non-hydrogen) atoms. The lowest BCUT2D eigenvalue weighted by Gasteiger charge is -2.05. The van der Waals surface area contributed by atoms with Crippen LogP contribution in [0.5, 0.6) is 0 Å². The number of hydrogen-bond donors (Lipinski definition) is 1. The molecule has 2 aromatic carbocycles. The molecular weight excluding hydrogens is 367 g/mol. The monoisotopic (exact) mass is 378 g/mol. The highest BCUT2D eigenvalue weighted by molar-refractivity contribution is 6.36. The standard InChI is InChI=1S/C18H13Cl3N2O/c19-13-6-4-12(5-7-13)18-9-8-14(24-18)10-22-23-11-15-16(20)2-1-3-17(15)21/h1-10,23H,11H2/b22-10+. The van der Waals surface area contributed by atoms with Crippen LogP contribution >= 0.6 is 34.8 Å². The maximum atomic E-state index is 6.10. The number of benzene rings is 2. The maximum Gasteiger partial charge on any atom is 0.147 e. The Morgan fingerprint density at radius 3 is 2.33 bits per heavy atom. The normalized spacial score (nSPS) is 11.1. The molecule has 0 bridgehead atoms. The van der Waals surface area contributed by atoms with Crippen molar-refractivity contribution in [2.45, 2.75) is 6.54 Å². The predicted octanol–water partition coefficient (Wildman–Crippen LogP) is 6.03. The molecule has 0 aliphatic carbocycles. The van der Waals surface area contributed by atoms with Gasteiger partial charge in [0.25, 0.3) is 0 Å². The molecular formula is C18H13Cl3N2O. The van der Waals surface area contributed by atoms with Crippen LogP contribution in [-0.4, -0.2) is 6.21 Å². The number of furan rings is 1. The Balaban J connectivity index is 1.62. The fraction of sp³-hybridized carbons (Fsp3) is 0.0556. The molecule has 1 aromatic heterocycles. The van der Waals surface area contributed by atoms with Crippen molar-refractivity contribution in [2.75, 3.05) is 0 Å². The highest BCUT2D eigenvalue weighted by Crippen LogP contribution is 2.24. The lowest BCUT2D eigenvalue weighted by Crippen LogP contribution is -2.06. The lowest BCUT2D eigenvalue weighted by molar-refractivity contribution is 0.573. The van der Waals surface area contributed by atoms with Crippen LogP contribution in [-0.2, 0) is 6.54 Å². The zero-order valence-corrected chi connectivity index (χ0v) is 14.7. The van der Waals surface area contributed by atoms with Gasteiger partial charge in [-0.05, 0) is 48.5 Å². The summed E-state index contributed by atoms with van der Waals surface area (Å²) in [5.74, 6) is 1.39. The third-order valence-electron chi connectivity index (χ3n) is 3.36. The van der Waals surface area contributed by atoms with Crippen molar-refractivity contribution >= 4 is 41.0 Å². The predicted molar refractivity (Wildman–Crippen MR) is 100 cm³/mol. The minimum absolute atomic E-state index is 0.430. The van der Waals surface area contributed by atoms with Gasteiger partial charge in [-0.25, -0.2) is 0 Å². The SMILES string of the molecule is Clc1ccc(-c2ccc(/C=N/NCc3c(Cl)cccc3Cl)o2)cc1. The number of nitrogens with zero attached hydrogens (tertiary/aromatic N) is 1. The summed E-state index contributed by atoms with van der Waals surface area (Å²) in [6.07, 6.45) is 1.60. The van der Waals surface area contributed by atoms with Crippen LogP contribution < -0.4 is 5.43 Å². The van der Waals surface area contributed by atoms with Crippen molar-refractivity contribution in [1.82, 2.24) is 5.43 Å². The Labute approximate surface area is 154 Å². The van der Waals surface area contributed by atoms with E-state index in [4.69, 9.17) is 39.2 Å². The Morgan fingerprint density at radius 2 is 1.62 bits per heavy atom. The zero-order valence-electron chi connectivity index (χ0n) is 12.5. The molecule has 0 spiro atoms. The Bertz CT molecular complexity index is 837. The van der Waals surface area contributed by atoms with E-state index in [1.165, 1.54) is 0 Å². The molecule has 0 amide bonds. The van der Waals surface area contributed by atoms with E-state index in [2.05, 4.69) is 10.5 Å². The van der Waals surface area contributed by atoms with E-state index in [-0.39, 0.29) is 0 Å². The first-order valence-corrected chi connectivity index (χ1v) is 8.31. The summed E-state index contributed by atoms with van der Waals surface area (Å²) in [6.45, 7) is 0.430. The first-order valence-electron chi connectivity index (χ1n) is 7.18. The second-order valence-electron chi connectivity index (χ2n) is 5.00. The number of rotatable bonds is 5. The highest BCUT2D eigenvalue weighted by atomic mass is 35.5. The summed E-state index contributed by atoms with van der Waals surface area (Å²) in [5, 5.41) is 6.03. The second-order valence-corrected chi connectivity index (χ2v) is 6.25. The molecule has 3 aromatic rings. The van der Waals surface area contributed by atoms with Crippen molar-refractivity contribution in [2.24, 2.45) is 5.10 Å². The van der Waals surface area contributed by atoms with Gasteiger partial charge < -0.3 is 9.84 Å². The van der Waals surface area contributed by atoms with Crippen LogP contribution in [0.4, 0.5) is 0 Å². The average Bonchev–Trinajstić information content (AvgIpc) is 3.03. The van der Waals surface area contributed by atoms with Gasteiger partial charge in [-0.15, -0.1) is 0 Å². The van der Waals surface area contributed by atoms with E-state index in [1.54, 1.807) is 24.4 Å². The number of hydrogen-bond acceptors (Lipinski definition) is 3. The Kier molecular flexibility index (Phi) is 5.46. The van der Waals surface area contributed by atoms with Crippen molar-refractivity contribution in [3.63, 3.8) is 0 Å². The third-order valence-corrected chi connectivity index (χ3v) is 4.32. The van der Waals surface area contributed by atoms with Gasteiger partial charge in [0.2, 0.25) is 0 Å². The Hall–Kier alpha value is -1.94. The topological polar surface area (TPSA) is 37.5 Å². The van der Waals surface area contributed by atoms with E-state index in [1.807, 2.05) is 36.4 Å². The fourth-order valence-corrected chi connectivity index (χ4v) is 2.78. The molecule has 6 heteroatoms. The van der Waals surface area contributed by atoms with Gasteiger partial charge in [0.05, 0.1) is 12.8 Å². The summed E-state index contributed by atoms with van der Waals surface area (Å²) in [7, 11) is 0. The summed E-state index contributed by atoms with van der Waals surface area (Å²) in [5.41, 5.74) is 4.67. The molecule has 122 valence electrons. The molecule has 3 rings (SSSR count). The zero-order chi connectivity index (χ0) is 16.9. The molecule has 0 fully saturated rings. The quantitative estimate of drug-likeness (QED) is 0.434. The fourth-order valence-electron chi connectivity index (χ4n) is 2.13. The largest absolute Gasteiger partial charge is 0.455 e. The van der Waals surface area contributed by atoms with Crippen LogP contribution in [0, 0.1) is 0 Å². The smallest absolute Gasteiger partial charge is 0.147 e. The lowest BCUT2D eigenvalue weighted by atomic mass is 10.2. The van der Waals surface area contributed by atoms with Gasteiger partial charge in [-0.2, -0.15) is 5.10 Å². The third kappa shape index (κ3) is 4.12. The van der Waals surface area contributed by atoms with Gasteiger partial charge in [-0.1, -0.05) is 40.9 Å². The van der Waals surface area contributed by atoms with Crippen LogP contribution in [0.3, 0.4) is 0 Å². The van der Waals surface area contributed by atoms with Crippen molar-refractivity contribution in [1.29, 1.82) is 0 Å². The summed E-state index contributed by atoms with van der Waals surface area (Å²) >= 11 is 18.1. The van der Waals surface area contributed by atoms with Crippen LogP contribution in [0.1, 0.15) is 11.3 Å². The van der Waals surface area contributed by atoms with Gasteiger partial charge >= 0.3 is 0 Å². The number of halogens is 3. The maximum absolute atomic E-state index is 6.10. The first-order chi connectivity index (χ1) is 11.6. The first kappa shape index (κ1) is 16.9. The van der Waals surface area contributed by atoms with Crippen molar-refractivity contribution in [3.05, 3.63) is 81.0 Å². The number of hydrazone groups is 1. The molecule has 0 saturated heterocycles. The van der Waals surface area contributed by atoms with Gasteiger partial charge in [0.1, 0.15) is 11.5 Å². The van der Waals surface area contributed by atoms with E-state index in [0.29, 0.717) is 27.4 Å². The van der Waals surface area contributed by atoms with E-state index < -0.39 is 0 Å². The molecule has 0 aliphatic heterocycles. The molecule has 1 heterocycles. The van der Waals surface area contributed by atoms with Crippen LogP contribution in [0.15, 0.2) is 64.1 Å². The molecule has 0 atom stereocenters. The van der Waals surface area contributed by atoms with Crippen molar-refractivity contribution in [3.8, 4) is 11.3 Å². The Morgan fingerprint density at radius 1 is 0.917 bits per heavy atom. The molecule has 1 N–H and O–H groups in total. The van der Waals surface area contributed by atoms with Gasteiger partial charge in [0, 0.05) is 26.2 Å². The molecule has 0 aliphatic rings. The molecule has 0 saturated carbocycles. The van der Waals surface area contributed by atoms with E-state index >= 15 is 0 Å². The average molecular weight is 380 g/mol. The molecule has 0 radical (unpaired) electrons. The van der Waals surface area contributed by atoms with Crippen LogP contribution in [0.2, 0.25) is 15.1 Å². The van der Waals surface area contributed by atoms with E-state index in [9.17, 15) is 0 Å². The van der Waals surface area contributed by atoms with Crippen molar-refractivity contribution < 1.29 is 4.42 Å². The molecule has 0 unspecified atom stereocenters. The summed E-state index contributed by atoms with van der Waals surface area (Å²) in [6, 6.07) is 16.6. The van der Waals surface area contributed by atoms with Gasteiger partial charge in [-0.3, -0.25) is 0 Å². The molecule has 3 nitrogen and oxygen atoms in total. The highest BCUT2D eigenvalue weighted by Gasteiger charge is 2.05. The van der Waals surface area contributed by atoms with Gasteiger partial charge in [0.15, 0.2) is 0 Å². The minimum atomic E-state index is 0.430. The van der Waals surface area contributed by atoms with Crippen LogP contribution in [0.25, 0.3) is 11.3 Å². The van der Waals surface area contributed by atoms with E-state index in [0.717, 1.165) is 16.9 Å². The minimum Gasteiger partial charge on any atom is -0.455 e.